The van der Waals surface area contributed by atoms with Gasteiger partial charge in [-0.3, -0.25) is 0 Å². The highest BCUT2D eigenvalue weighted by Crippen LogP contribution is 2.10. The van der Waals surface area contributed by atoms with Crippen molar-refractivity contribution in [2.24, 2.45) is 0 Å². The van der Waals surface area contributed by atoms with Crippen LogP contribution in [-0.2, 0) is 6.42 Å². The Kier molecular flexibility index (Phi) is 3.44. The van der Waals surface area contributed by atoms with Gasteiger partial charge in [0.15, 0.2) is 0 Å². The summed E-state index contributed by atoms with van der Waals surface area (Å²) in [6.45, 7) is 5.77. The molecule has 1 atom stereocenters. The van der Waals surface area contributed by atoms with Gasteiger partial charge in [-0.25, -0.2) is 4.98 Å². The zero-order chi connectivity index (χ0) is 8.97. The van der Waals surface area contributed by atoms with E-state index in [2.05, 4.69) is 22.3 Å². The van der Waals surface area contributed by atoms with E-state index in [4.69, 9.17) is 0 Å². The standard InChI is InChI=1S/C9H14N2S/c1-4-8(10-3)5-9-11-7(2)6-12-9/h4,6,8,10H,1,5H2,2-3H3. The second-order valence-electron chi connectivity index (χ2n) is 2.72. The van der Waals surface area contributed by atoms with Crippen LogP contribution >= 0.6 is 11.3 Å². The molecule has 0 amide bonds. The van der Waals surface area contributed by atoms with Gasteiger partial charge in [-0.05, 0) is 14.0 Å². The minimum Gasteiger partial charge on any atom is -0.313 e. The molecule has 0 fully saturated rings. The summed E-state index contributed by atoms with van der Waals surface area (Å²) < 4.78 is 0. The quantitative estimate of drug-likeness (QED) is 0.718. The Bertz CT molecular complexity index is 255. The Morgan fingerprint density at radius 3 is 3.00 bits per heavy atom. The van der Waals surface area contributed by atoms with E-state index in [1.54, 1.807) is 11.3 Å². The summed E-state index contributed by atoms with van der Waals surface area (Å²) in [5.74, 6) is 0. The second-order valence-corrected chi connectivity index (χ2v) is 3.66. The van der Waals surface area contributed by atoms with Crippen LogP contribution in [-0.4, -0.2) is 18.1 Å². The number of aromatic nitrogens is 1. The van der Waals surface area contributed by atoms with Crippen LogP contribution in [0.3, 0.4) is 0 Å². The van der Waals surface area contributed by atoms with Crippen molar-refractivity contribution in [3.05, 3.63) is 28.7 Å². The van der Waals surface area contributed by atoms with Gasteiger partial charge in [0.25, 0.3) is 0 Å². The van der Waals surface area contributed by atoms with E-state index in [1.165, 1.54) is 5.01 Å². The zero-order valence-corrected chi connectivity index (χ0v) is 8.32. The molecule has 12 heavy (non-hydrogen) atoms. The Balaban J connectivity index is 2.56. The van der Waals surface area contributed by atoms with Gasteiger partial charge in [0.1, 0.15) is 0 Å². The lowest BCUT2D eigenvalue weighted by atomic mass is 10.2. The minimum absolute atomic E-state index is 0.343. The van der Waals surface area contributed by atoms with Gasteiger partial charge in [0.2, 0.25) is 0 Å². The minimum atomic E-state index is 0.343. The third kappa shape index (κ3) is 2.43. The molecule has 1 unspecified atom stereocenters. The highest BCUT2D eigenvalue weighted by molar-refractivity contribution is 7.09. The molecule has 0 aliphatic heterocycles. The molecule has 0 aliphatic carbocycles. The molecule has 0 saturated heterocycles. The predicted molar refractivity (Wildman–Crippen MR) is 53.6 cm³/mol. The van der Waals surface area contributed by atoms with E-state index in [0.29, 0.717) is 6.04 Å². The molecule has 0 radical (unpaired) electrons. The molecule has 2 nitrogen and oxygen atoms in total. The van der Waals surface area contributed by atoms with Crippen molar-refractivity contribution in [3.63, 3.8) is 0 Å². The Morgan fingerprint density at radius 2 is 2.58 bits per heavy atom. The number of likely N-dealkylation sites (N-methyl/N-ethyl adjacent to an activating group) is 1. The summed E-state index contributed by atoms with van der Waals surface area (Å²) in [4.78, 5) is 4.38. The summed E-state index contributed by atoms with van der Waals surface area (Å²) in [7, 11) is 1.94. The van der Waals surface area contributed by atoms with Crippen LogP contribution in [0.25, 0.3) is 0 Å². The summed E-state index contributed by atoms with van der Waals surface area (Å²) in [6, 6.07) is 0.343. The summed E-state index contributed by atoms with van der Waals surface area (Å²) in [5.41, 5.74) is 1.11. The number of thiazole rings is 1. The van der Waals surface area contributed by atoms with Crippen molar-refractivity contribution in [1.29, 1.82) is 0 Å². The summed E-state index contributed by atoms with van der Waals surface area (Å²) in [6.07, 6.45) is 2.86. The van der Waals surface area contributed by atoms with Crippen molar-refractivity contribution in [3.8, 4) is 0 Å². The average Bonchev–Trinajstić information content (AvgIpc) is 2.47. The lowest BCUT2D eigenvalue weighted by Gasteiger charge is -2.07. The van der Waals surface area contributed by atoms with Crippen molar-refractivity contribution in [2.45, 2.75) is 19.4 Å². The molecule has 0 spiro atoms. The summed E-state index contributed by atoms with van der Waals surface area (Å²) >= 11 is 1.71. The van der Waals surface area contributed by atoms with Crippen molar-refractivity contribution in [1.82, 2.24) is 10.3 Å². The molecule has 0 aliphatic rings. The molecule has 1 N–H and O–H groups in total. The fraction of sp³-hybridized carbons (Fsp3) is 0.444. The van der Waals surface area contributed by atoms with Gasteiger partial charge >= 0.3 is 0 Å². The number of nitrogens with one attached hydrogen (secondary N) is 1. The van der Waals surface area contributed by atoms with Crippen LogP contribution in [0, 0.1) is 6.92 Å². The smallest absolute Gasteiger partial charge is 0.0946 e. The van der Waals surface area contributed by atoms with Crippen molar-refractivity contribution >= 4 is 11.3 Å². The maximum Gasteiger partial charge on any atom is 0.0946 e. The highest BCUT2D eigenvalue weighted by Gasteiger charge is 2.04. The maximum absolute atomic E-state index is 4.38. The van der Waals surface area contributed by atoms with E-state index in [9.17, 15) is 0 Å². The first-order valence-electron chi connectivity index (χ1n) is 3.97. The molecule has 1 heterocycles. The monoisotopic (exact) mass is 182 g/mol. The molecule has 1 rings (SSSR count). The van der Waals surface area contributed by atoms with Gasteiger partial charge in [0.05, 0.1) is 5.01 Å². The summed E-state index contributed by atoms with van der Waals surface area (Å²) in [5, 5.41) is 6.41. The largest absolute Gasteiger partial charge is 0.313 e. The Labute approximate surface area is 77.3 Å². The van der Waals surface area contributed by atoms with Crippen molar-refractivity contribution in [2.75, 3.05) is 7.05 Å². The molecular weight excluding hydrogens is 168 g/mol. The van der Waals surface area contributed by atoms with Crippen LogP contribution in [0.1, 0.15) is 10.7 Å². The topological polar surface area (TPSA) is 24.9 Å². The first kappa shape index (κ1) is 9.42. The molecule has 0 saturated carbocycles. The molecule has 3 heteroatoms. The van der Waals surface area contributed by atoms with Crippen LogP contribution in [0.15, 0.2) is 18.0 Å². The third-order valence-corrected chi connectivity index (χ3v) is 2.71. The van der Waals surface area contributed by atoms with Gasteiger partial charge in [-0.2, -0.15) is 0 Å². The third-order valence-electron chi connectivity index (χ3n) is 1.72. The maximum atomic E-state index is 4.38. The normalized spacial score (nSPS) is 12.8. The first-order chi connectivity index (χ1) is 5.76. The van der Waals surface area contributed by atoms with Gasteiger partial charge < -0.3 is 5.32 Å². The lowest BCUT2D eigenvalue weighted by Crippen LogP contribution is -2.24. The van der Waals surface area contributed by atoms with E-state index >= 15 is 0 Å². The first-order valence-corrected chi connectivity index (χ1v) is 4.85. The van der Waals surface area contributed by atoms with E-state index in [0.717, 1.165) is 12.1 Å². The van der Waals surface area contributed by atoms with Crippen molar-refractivity contribution < 1.29 is 0 Å². The van der Waals surface area contributed by atoms with Crippen LogP contribution in [0.4, 0.5) is 0 Å². The van der Waals surface area contributed by atoms with E-state index in [1.807, 2.05) is 20.0 Å². The zero-order valence-electron chi connectivity index (χ0n) is 7.50. The number of hydrogen-bond donors (Lipinski definition) is 1. The molecule has 1 aromatic heterocycles. The molecule has 1 aromatic rings. The van der Waals surface area contributed by atoms with E-state index in [-0.39, 0.29) is 0 Å². The van der Waals surface area contributed by atoms with Crippen LogP contribution < -0.4 is 5.32 Å². The lowest BCUT2D eigenvalue weighted by molar-refractivity contribution is 0.662. The van der Waals surface area contributed by atoms with Gasteiger partial charge in [-0.1, -0.05) is 6.08 Å². The van der Waals surface area contributed by atoms with Gasteiger partial charge in [-0.15, -0.1) is 17.9 Å². The molecule has 0 aromatic carbocycles. The SMILES string of the molecule is C=CC(Cc1nc(C)cs1)NC. The molecular formula is C9H14N2S. The van der Waals surface area contributed by atoms with Crippen LogP contribution in [0.5, 0.6) is 0 Å². The average molecular weight is 182 g/mol. The number of rotatable bonds is 4. The highest BCUT2D eigenvalue weighted by atomic mass is 32.1. The number of hydrogen-bond acceptors (Lipinski definition) is 3. The van der Waals surface area contributed by atoms with Crippen LogP contribution in [0.2, 0.25) is 0 Å². The Hall–Kier alpha value is -0.670. The van der Waals surface area contributed by atoms with E-state index < -0.39 is 0 Å². The number of aryl methyl sites for hydroxylation is 1. The fourth-order valence-electron chi connectivity index (χ4n) is 0.988. The molecule has 66 valence electrons. The molecule has 0 bridgehead atoms. The fourth-order valence-corrected chi connectivity index (χ4v) is 1.82. The Morgan fingerprint density at radius 1 is 1.83 bits per heavy atom. The predicted octanol–water partition coefficient (Wildman–Crippen LogP) is 1.77. The number of nitrogens with zero attached hydrogens (tertiary/aromatic N) is 1. The second kappa shape index (κ2) is 4.38. The van der Waals surface area contributed by atoms with Gasteiger partial charge in [0, 0.05) is 23.5 Å².